The Morgan fingerprint density at radius 1 is 0.739 bits per heavy atom. The molecule has 0 aromatic carbocycles. The van der Waals surface area contributed by atoms with Crippen molar-refractivity contribution in [3.8, 4) is 0 Å². The molecule has 23 heavy (non-hydrogen) atoms. The van der Waals surface area contributed by atoms with Gasteiger partial charge in [-0.25, -0.2) is 0 Å². The first-order chi connectivity index (χ1) is 10.2. The van der Waals surface area contributed by atoms with Crippen molar-refractivity contribution in [2.45, 2.75) is 89.0 Å². The first kappa shape index (κ1) is 16.5. The fourth-order valence-electron chi connectivity index (χ4n) is 11.4. The van der Waals surface area contributed by atoms with Crippen molar-refractivity contribution in [3.05, 3.63) is 0 Å². The average Bonchev–Trinajstić information content (AvgIpc) is 2.56. The molecule has 0 aromatic heterocycles. The van der Waals surface area contributed by atoms with E-state index in [4.69, 9.17) is 0 Å². The van der Waals surface area contributed by atoms with Crippen LogP contribution in [0.5, 0.6) is 0 Å². The molecule has 4 saturated carbocycles. The van der Waals surface area contributed by atoms with Crippen molar-refractivity contribution in [1.29, 1.82) is 0 Å². The minimum atomic E-state index is 0.420. The van der Waals surface area contributed by atoms with E-state index in [0.29, 0.717) is 37.9 Å². The highest BCUT2D eigenvalue weighted by Gasteiger charge is 2.97. The van der Waals surface area contributed by atoms with Gasteiger partial charge in [-0.05, 0) is 68.5 Å². The zero-order valence-corrected chi connectivity index (χ0v) is 17.6. The fraction of sp³-hybridized carbons (Fsp3) is 1.00. The smallest absolute Gasteiger partial charge is 0.0163 e. The van der Waals surface area contributed by atoms with Crippen molar-refractivity contribution in [3.63, 3.8) is 0 Å². The molecular formula is C23H40. The Labute approximate surface area is 145 Å². The molecule has 0 heterocycles. The lowest BCUT2D eigenvalue weighted by Crippen LogP contribution is -2.84. The van der Waals surface area contributed by atoms with Gasteiger partial charge in [-0.2, -0.15) is 0 Å². The minimum absolute atomic E-state index is 0.420. The Morgan fingerprint density at radius 3 is 1.70 bits per heavy atom. The second kappa shape index (κ2) is 3.45. The predicted molar refractivity (Wildman–Crippen MR) is 99.1 cm³/mol. The van der Waals surface area contributed by atoms with Crippen LogP contribution in [0.15, 0.2) is 0 Å². The van der Waals surface area contributed by atoms with Crippen molar-refractivity contribution in [2.24, 2.45) is 55.7 Å². The summed E-state index contributed by atoms with van der Waals surface area (Å²) in [5.41, 5.74) is 3.48. The van der Waals surface area contributed by atoms with Crippen molar-refractivity contribution in [2.75, 3.05) is 0 Å². The van der Waals surface area contributed by atoms with Gasteiger partial charge in [-0.3, -0.25) is 0 Å². The van der Waals surface area contributed by atoms with Crippen LogP contribution in [0.2, 0.25) is 0 Å². The number of hydrogen-bond donors (Lipinski definition) is 0. The molecule has 4 aliphatic carbocycles. The van der Waals surface area contributed by atoms with Crippen LogP contribution in [0.3, 0.4) is 0 Å². The molecule has 4 aliphatic rings. The lowest BCUT2D eigenvalue weighted by molar-refractivity contribution is -0.414. The maximum absolute atomic E-state index is 2.72. The molecule has 7 unspecified atom stereocenters. The average molecular weight is 317 g/mol. The molecule has 0 bridgehead atoms. The summed E-state index contributed by atoms with van der Waals surface area (Å²) in [4.78, 5) is 0. The van der Waals surface area contributed by atoms with E-state index in [2.05, 4.69) is 76.2 Å². The van der Waals surface area contributed by atoms with E-state index in [1.54, 1.807) is 0 Å². The van der Waals surface area contributed by atoms with Gasteiger partial charge in [0.05, 0.1) is 0 Å². The van der Waals surface area contributed by atoms with E-state index >= 15 is 0 Å². The summed E-state index contributed by atoms with van der Waals surface area (Å²) in [5.74, 6) is 2.66. The van der Waals surface area contributed by atoms with Crippen LogP contribution >= 0.6 is 0 Å². The summed E-state index contributed by atoms with van der Waals surface area (Å²) in [6.45, 7) is 28.7. The second-order valence-corrected chi connectivity index (χ2v) is 12.3. The van der Waals surface area contributed by atoms with Gasteiger partial charge in [0.15, 0.2) is 0 Å². The Morgan fingerprint density at radius 2 is 1.26 bits per heavy atom. The summed E-state index contributed by atoms with van der Waals surface area (Å²) in [6.07, 6.45) is 2.87. The van der Waals surface area contributed by atoms with Gasteiger partial charge < -0.3 is 0 Å². The van der Waals surface area contributed by atoms with E-state index in [0.717, 1.165) is 17.8 Å². The molecule has 0 aliphatic heterocycles. The Bertz CT molecular complexity index is 595. The fourth-order valence-corrected chi connectivity index (χ4v) is 11.4. The highest BCUT2D eigenvalue weighted by molar-refractivity contribution is 5.43. The van der Waals surface area contributed by atoms with Gasteiger partial charge >= 0.3 is 0 Å². The van der Waals surface area contributed by atoms with Crippen LogP contribution in [0.1, 0.15) is 89.0 Å². The van der Waals surface area contributed by atoms with Crippen molar-refractivity contribution < 1.29 is 0 Å². The van der Waals surface area contributed by atoms with Gasteiger partial charge in [0, 0.05) is 0 Å². The van der Waals surface area contributed by atoms with Crippen molar-refractivity contribution >= 4 is 0 Å². The highest BCUT2D eigenvalue weighted by atomic mass is 15.0. The second-order valence-electron chi connectivity index (χ2n) is 12.3. The molecule has 4 rings (SSSR count). The topological polar surface area (TPSA) is 0 Å². The molecule has 0 N–H and O–H groups in total. The molecule has 7 atom stereocenters. The number of fused-ring (bicyclic) bond motifs is 6. The van der Waals surface area contributed by atoms with Crippen LogP contribution < -0.4 is 0 Å². The molecule has 4 fully saturated rings. The molecule has 132 valence electrons. The van der Waals surface area contributed by atoms with Gasteiger partial charge in [-0.1, -0.05) is 76.2 Å². The van der Waals surface area contributed by atoms with Crippen LogP contribution in [0, 0.1) is 55.7 Å². The molecule has 0 heteroatoms. The Kier molecular flexibility index (Phi) is 2.47. The van der Waals surface area contributed by atoms with Crippen LogP contribution in [-0.2, 0) is 0 Å². The first-order valence-corrected chi connectivity index (χ1v) is 10.2. The molecule has 0 nitrogen and oxygen atoms in total. The summed E-state index contributed by atoms with van der Waals surface area (Å²) in [5, 5.41) is 0. The van der Waals surface area contributed by atoms with Gasteiger partial charge in [0.25, 0.3) is 0 Å². The third-order valence-electron chi connectivity index (χ3n) is 12.3. The Hall–Kier alpha value is 0. The molecule has 0 aromatic rings. The monoisotopic (exact) mass is 316 g/mol. The molecule has 0 radical (unpaired) electrons. The van der Waals surface area contributed by atoms with E-state index in [-0.39, 0.29) is 0 Å². The third-order valence-corrected chi connectivity index (χ3v) is 12.3. The normalized spacial score (nSPS) is 63.0. The molecule has 0 amide bonds. The highest BCUT2D eigenvalue weighted by Crippen LogP contribution is 3.01. The molecule has 0 spiro atoms. The number of rotatable bonds is 1. The van der Waals surface area contributed by atoms with E-state index in [9.17, 15) is 0 Å². The SMILES string of the molecule is CCC12CC(C)C1(C)C1(C)C2C(C)(C)C2C(C)(C)C(C)(C)C21C. The largest absolute Gasteiger partial charge is 0.0648 e. The molecular weight excluding hydrogens is 276 g/mol. The minimum Gasteiger partial charge on any atom is -0.0648 e. The summed E-state index contributed by atoms with van der Waals surface area (Å²) in [6, 6.07) is 0. The quantitative estimate of drug-likeness (QED) is 0.499. The standard InChI is InChI=1S/C23H40/c1-12-23-13-14(2)20(23,9)22(11)16(23)17(3,4)15-18(5,6)19(7,8)21(15,22)10/h14-16H,12-13H2,1-11H3. The lowest BCUT2D eigenvalue weighted by atomic mass is 9.15. The van der Waals surface area contributed by atoms with E-state index in [1.165, 1.54) is 12.8 Å². The van der Waals surface area contributed by atoms with Gasteiger partial charge in [0.2, 0.25) is 0 Å². The summed E-state index contributed by atoms with van der Waals surface area (Å²) in [7, 11) is 0. The summed E-state index contributed by atoms with van der Waals surface area (Å²) < 4.78 is 0. The summed E-state index contributed by atoms with van der Waals surface area (Å²) >= 11 is 0. The zero-order valence-electron chi connectivity index (χ0n) is 17.6. The maximum Gasteiger partial charge on any atom is -0.0163 e. The molecule has 0 saturated heterocycles. The zero-order chi connectivity index (χ0) is 17.6. The van der Waals surface area contributed by atoms with Gasteiger partial charge in [0.1, 0.15) is 0 Å². The van der Waals surface area contributed by atoms with E-state index in [1.807, 2.05) is 0 Å². The van der Waals surface area contributed by atoms with Crippen LogP contribution in [-0.4, -0.2) is 0 Å². The van der Waals surface area contributed by atoms with Crippen LogP contribution in [0.25, 0.3) is 0 Å². The maximum atomic E-state index is 2.72. The predicted octanol–water partition coefficient (Wildman–Crippen LogP) is 6.79. The lowest BCUT2D eigenvalue weighted by Gasteiger charge is -2.88. The van der Waals surface area contributed by atoms with E-state index < -0.39 is 0 Å². The van der Waals surface area contributed by atoms with Crippen LogP contribution in [0.4, 0.5) is 0 Å². The number of hydrogen-bond acceptors (Lipinski definition) is 0. The van der Waals surface area contributed by atoms with Crippen molar-refractivity contribution in [1.82, 2.24) is 0 Å². The Balaban J connectivity index is 2.00. The first-order valence-electron chi connectivity index (χ1n) is 10.2. The third kappa shape index (κ3) is 0.975. The van der Waals surface area contributed by atoms with Gasteiger partial charge in [-0.15, -0.1) is 0 Å².